The number of hydrogen-bond donors (Lipinski definition) is 9. The molecular weight excluding hydrogens is 876 g/mol. The van der Waals surface area contributed by atoms with Crippen LogP contribution in [0, 0.1) is 5.92 Å². The number of carbonyl (C=O) groups excluding carboxylic acids is 2. The molecule has 21 nitrogen and oxygen atoms in total. The highest BCUT2D eigenvalue weighted by molar-refractivity contribution is 5.73. The number of rotatable bonds is 10. The SMILES string of the molecule is CCCCCC1CCCCCCCCCC(=O)OC2C(OC3OC(C)C(O)C(O)C3O)C(C)OC(OC3C(OC(CO)C(O)C3O)OC3C(O1)OC(C)C(O)C3O)C2OC(=O)C(C)C(C)O. The van der Waals surface area contributed by atoms with Crippen molar-refractivity contribution in [3.05, 3.63) is 0 Å². The predicted octanol–water partition coefficient (Wildman–Crippen LogP) is -0.0496. The average molecular weight is 955 g/mol. The Bertz CT molecular complexity index is 1460. The molecule has 23 atom stereocenters. The van der Waals surface area contributed by atoms with E-state index in [0.717, 1.165) is 51.4 Å². The molecule has 5 aliphatic rings. The van der Waals surface area contributed by atoms with Crippen molar-refractivity contribution >= 4 is 11.9 Å². The van der Waals surface area contributed by atoms with Gasteiger partial charge in [-0.15, -0.1) is 0 Å². The van der Waals surface area contributed by atoms with E-state index in [0.29, 0.717) is 25.7 Å². The van der Waals surface area contributed by atoms with Crippen molar-refractivity contribution in [2.24, 2.45) is 5.92 Å². The summed E-state index contributed by atoms with van der Waals surface area (Å²) in [4.78, 5) is 27.5. The van der Waals surface area contributed by atoms with Gasteiger partial charge < -0.3 is 93.3 Å². The highest BCUT2D eigenvalue weighted by Gasteiger charge is 2.57. The Morgan fingerprint density at radius 2 is 1.21 bits per heavy atom. The summed E-state index contributed by atoms with van der Waals surface area (Å²) in [6.45, 7) is 8.51. The van der Waals surface area contributed by atoms with Crippen molar-refractivity contribution in [2.75, 3.05) is 6.61 Å². The number of ether oxygens (including phenoxy) is 10. The summed E-state index contributed by atoms with van der Waals surface area (Å²) in [5.41, 5.74) is 0. The van der Waals surface area contributed by atoms with Crippen LogP contribution in [0.3, 0.4) is 0 Å². The second-order valence-electron chi connectivity index (χ2n) is 18.7. The Kier molecular flexibility index (Phi) is 21.7. The second-order valence-corrected chi connectivity index (χ2v) is 18.7. The van der Waals surface area contributed by atoms with Crippen LogP contribution in [0.4, 0.5) is 0 Å². The minimum absolute atomic E-state index is 0.0622. The van der Waals surface area contributed by atoms with Crippen LogP contribution < -0.4 is 0 Å². The largest absolute Gasteiger partial charge is 0.455 e. The number of esters is 2. The molecule has 21 heteroatoms. The van der Waals surface area contributed by atoms with Crippen molar-refractivity contribution < 1.29 is 103 Å². The number of aliphatic hydroxyl groups excluding tert-OH is 9. The van der Waals surface area contributed by atoms with Crippen LogP contribution in [0.2, 0.25) is 0 Å². The van der Waals surface area contributed by atoms with Gasteiger partial charge in [-0.25, -0.2) is 0 Å². The molecule has 5 saturated heterocycles. The molecular formula is C45H78O21. The normalized spacial score (nSPS) is 44.8. The number of hydrogen-bond acceptors (Lipinski definition) is 21. The van der Waals surface area contributed by atoms with E-state index in [1.54, 1.807) is 6.92 Å². The fourth-order valence-electron chi connectivity index (χ4n) is 8.95. The van der Waals surface area contributed by atoms with Crippen LogP contribution in [0.5, 0.6) is 0 Å². The molecule has 5 rings (SSSR count). The molecule has 23 unspecified atom stereocenters. The zero-order valence-electron chi connectivity index (χ0n) is 39.1. The Balaban J connectivity index is 1.57. The van der Waals surface area contributed by atoms with Crippen molar-refractivity contribution in [1.29, 1.82) is 0 Å². The molecule has 66 heavy (non-hydrogen) atoms. The molecule has 5 heterocycles. The molecule has 9 N–H and O–H groups in total. The fraction of sp³-hybridized carbons (Fsp3) is 0.956. The molecule has 0 aromatic rings. The van der Waals surface area contributed by atoms with Crippen molar-refractivity contribution in [3.63, 3.8) is 0 Å². The lowest BCUT2D eigenvalue weighted by Crippen LogP contribution is -2.68. The van der Waals surface area contributed by atoms with Gasteiger partial charge in [-0.3, -0.25) is 9.59 Å². The zero-order chi connectivity index (χ0) is 48.4. The molecule has 0 amide bonds. The molecule has 384 valence electrons. The Morgan fingerprint density at radius 3 is 1.86 bits per heavy atom. The third kappa shape index (κ3) is 14.0. The van der Waals surface area contributed by atoms with E-state index >= 15 is 0 Å². The van der Waals surface area contributed by atoms with Gasteiger partial charge in [-0.1, -0.05) is 64.7 Å². The molecule has 5 fully saturated rings. The second kappa shape index (κ2) is 25.9. The minimum atomic E-state index is -1.94. The van der Waals surface area contributed by atoms with Gasteiger partial charge in [-0.05, 0) is 53.9 Å². The van der Waals surface area contributed by atoms with Crippen LogP contribution in [-0.2, 0) is 57.0 Å². The van der Waals surface area contributed by atoms with Crippen molar-refractivity contribution in [1.82, 2.24) is 0 Å². The lowest BCUT2D eigenvalue weighted by Gasteiger charge is -2.50. The van der Waals surface area contributed by atoms with Gasteiger partial charge in [0.25, 0.3) is 0 Å². The van der Waals surface area contributed by atoms with Crippen LogP contribution in [0.15, 0.2) is 0 Å². The Hall–Kier alpha value is -1.74. The monoisotopic (exact) mass is 955 g/mol. The average Bonchev–Trinajstić information content (AvgIpc) is 3.28. The van der Waals surface area contributed by atoms with Gasteiger partial charge in [-0.2, -0.15) is 0 Å². The van der Waals surface area contributed by atoms with E-state index in [9.17, 15) is 55.5 Å². The van der Waals surface area contributed by atoms with Crippen LogP contribution in [0.25, 0.3) is 0 Å². The summed E-state index contributed by atoms with van der Waals surface area (Å²) >= 11 is 0. The first-order valence-electron chi connectivity index (χ1n) is 24.1. The number of unbranched alkanes of at least 4 members (excludes halogenated alkanes) is 2. The van der Waals surface area contributed by atoms with E-state index in [-0.39, 0.29) is 12.5 Å². The van der Waals surface area contributed by atoms with Gasteiger partial charge in [0.15, 0.2) is 37.4 Å². The predicted molar refractivity (Wildman–Crippen MR) is 227 cm³/mol. The topological polar surface area (TPSA) is 309 Å². The molecule has 0 aromatic heterocycles. The first kappa shape index (κ1) is 55.2. The summed E-state index contributed by atoms with van der Waals surface area (Å²) in [6, 6.07) is 0. The maximum atomic E-state index is 13.8. The van der Waals surface area contributed by atoms with E-state index in [4.69, 9.17) is 47.4 Å². The zero-order valence-corrected chi connectivity index (χ0v) is 39.1. The summed E-state index contributed by atoms with van der Waals surface area (Å²) in [5.74, 6) is -2.90. The van der Waals surface area contributed by atoms with Crippen molar-refractivity contribution in [2.45, 2.75) is 260 Å². The highest BCUT2D eigenvalue weighted by Crippen LogP contribution is 2.38. The van der Waals surface area contributed by atoms with E-state index in [1.807, 2.05) is 0 Å². The molecule has 0 aromatic carbocycles. The van der Waals surface area contributed by atoms with Crippen LogP contribution in [0.1, 0.15) is 125 Å². The van der Waals surface area contributed by atoms with Crippen LogP contribution >= 0.6 is 0 Å². The maximum absolute atomic E-state index is 13.8. The molecule has 0 saturated carbocycles. The minimum Gasteiger partial charge on any atom is -0.455 e. The van der Waals surface area contributed by atoms with Gasteiger partial charge >= 0.3 is 11.9 Å². The molecule has 2 bridgehead atoms. The maximum Gasteiger partial charge on any atom is 0.311 e. The third-order valence-electron chi connectivity index (χ3n) is 13.5. The van der Waals surface area contributed by atoms with Gasteiger partial charge in [0, 0.05) is 6.42 Å². The first-order chi connectivity index (χ1) is 31.4. The molecule has 0 aliphatic carbocycles. The first-order valence-corrected chi connectivity index (χ1v) is 24.1. The van der Waals surface area contributed by atoms with E-state index in [1.165, 1.54) is 27.7 Å². The Labute approximate surface area is 386 Å². The van der Waals surface area contributed by atoms with Crippen LogP contribution in [-0.4, -0.2) is 200 Å². The van der Waals surface area contributed by atoms with Crippen molar-refractivity contribution in [3.8, 4) is 0 Å². The molecule has 5 aliphatic heterocycles. The number of aliphatic hydroxyl groups is 9. The van der Waals surface area contributed by atoms with Gasteiger partial charge in [0.05, 0.1) is 43.0 Å². The number of fused-ring (bicyclic) bond motifs is 4. The van der Waals surface area contributed by atoms with Gasteiger partial charge in [0.1, 0.15) is 67.1 Å². The summed E-state index contributed by atoms with van der Waals surface area (Å²) in [7, 11) is 0. The molecule has 0 radical (unpaired) electrons. The standard InChI is InChI=1S/C45H78O21/c1-7-8-14-17-26-18-15-12-10-9-11-13-16-19-28(48)62-39-36(64-42-35(55)32(52)29(49)23(4)57-42)25(6)59-45(40(39)63-41(56)21(2)22(3)47)66-38-34(54)31(51)27(20-46)61-44(38)65-37-33(53)30(50)24(5)58-43(37)60-26/h21-27,29-40,42-47,49-55H,7-20H2,1-6H3. The lowest BCUT2D eigenvalue weighted by atomic mass is 9.95. The summed E-state index contributed by atoms with van der Waals surface area (Å²) in [6.07, 6.45) is -23.2. The molecule has 0 spiro atoms. The smallest absolute Gasteiger partial charge is 0.311 e. The quantitative estimate of drug-likeness (QED) is 0.102. The van der Waals surface area contributed by atoms with Gasteiger partial charge in [0.2, 0.25) is 0 Å². The number of carbonyl (C=O) groups is 2. The summed E-state index contributed by atoms with van der Waals surface area (Å²) < 4.78 is 61.8. The van der Waals surface area contributed by atoms with E-state index < -0.39 is 153 Å². The Morgan fingerprint density at radius 1 is 0.636 bits per heavy atom. The highest BCUT2D eigenvalue weighted by atomic mass is 16.8. The third-order valence-corrected chi connectivity index (χ3v) is 13.5. The lowest BCUT2D eigenvalue weighted by molar-refractivity contribution is -0.399. The fourth-order valence-corrected chi connectivity index (χ4v) is 8.95. The summed E-state index contributed by atoms with van der Waals surface area (Å²) in [5, 5.41) is 98.2. The van der Waals surface area contributed by atoms with E-state index in [2.05, 4.69) is 6.92 Å².